The molecule has 2 rings (SSSR count). The fourth-order valence-electron chi connectivity index (χ4n) is 2.11. The van der Waals surface area contributed by atoms with Crippen molar-refractivity contribution in [2.24, 2.45) is 0 Å². The SMILES string of the molecule is Cc1ccc(COC(=O)[C@H](O)[C@@H](O)C(=O)OCc2ccc(C)cc2)cc1. The first-order valence-electron chi connectivity index (χ1n) is 8.17. The van der Waals surface area contributed by atoms with E-state index in [9.17, 15) is 19.8 Å². The third kappa shape index (κ3) is 5.68. The molecule has 0 bridgehead atoms. The van der Waals surface area contributed by atoms with Gasteiger partial charge in [-0.25, -0.2) is 9.59 Å². The molecule has 0 spiro atoms. The first-order chi connectivity index (χ1) is 12.4. The molecule has 0 aromatic heterocycles. The van der Waals surface area contributed by atoms with E-state index in [0.717, 1.165) is 22.3 Å². The van der Waals surface area contributed by atoms with Crippen molar-refractivity contribution in [3.05, 3.63) is 70.8 Å². The van der Waals surface area contributed by atoms with Crippen molar-refractivity contribution >= 4 is 11.9 Å². The molecule has 26 heavy (non-hydrogen) atoms. The van der Waals surface area contributed by atoms with Crippen LogP contribution < -0.4 is 0 Å². The molecule has 0 saturated carbocycles. The number of hydrogen-bond donors (Lipinski definition) is 2. The normalized spacial score (nSPS) is 12.9. The van der Waals surface area contributed by atoms with Crippen LogP contribution in [0, 0.1) is 13.8 Å². The Labute approximate surface area is 152 Å². The number of ether oxygens (including phenoxy) is 2. The van der Waals surface area contributed by atoms with Crippen LogP contribution in [0.25, 0.3) is 0 Å². The summed E-state index contributed by atoms with van der Waals surface area (Å²) in [5.74, 6) is -2.18. The third-order valence-electron chi connectivity index (χ3n) is 3.79. The van der Waals surface area contributed by atoms with Gasteiger partial charge >= 0.3 is 11.9 Å². The first-order valence-corrected chi connectivity index (χ1v) is 8.17. The number of esters is 2. The predicted octanol–water partition coefficient (Wildman–Crippen LogP) is 1.81. The van der Waals surface area contributed by atoms with Crippen LogP contribution in [-0.2, 0) is 32.3 Å². The summed E-state index contributed by atoms with van der Waals surface area (Å²) in [6, 6.07) is 14.5. The van der Waals surface area contributed by atoms with Gasteiger partial charge in [0.1, 0.15) is 13.2 Å². The molecule has 0 aliphatic carbocycles. The number of hydrogen-bond acceptors (Lipinski definition) is 6. The molecule has 0 saturated heterocycles. The van der Waals surface area contributed by atoms with Crippen LogP contribution in [0.5, 0.6) is 0 Å². The molecule has 0 aliphatic heterocycles. The number of aryl methyl sites for hydroxylation is 2. The molecule has 0 amide bonds. The molecule has 0 aliphatic rings. The van der Waals surface area contributed by atoms with E-state index in [1.807, 2.05) is 38.1 Å². The predicted molar refractivity (Wildman–Crippen MR) is 94.0 cm³/mol. The average molecular weight is 358 g/mol. The Hall–Kier alpha value is -2.70. The molecule has 2 aromatic rings. The minimum atomic E-state index is -2.01. The van der Waals surface area contributed by atoms with Crippen molar-refractivity contribution in [3.63, 3.8) is 0 Å². The molecule has 2 N–H and O–H groups in total. The van der Waals surface area contributed by atoms with Crippen molar-refractivity contribution < 1.29 is 29.3 Å². The van der Waals surface area contributed by atoms with E-state index in [4.69, 9.17) is 9.47 Å². The molecule has 0 fully saturated rings. The molecular formula is C20H22O6. The number of benzene rings is 2. The van der Waals surface area contributed by atoms with E-state index in [1.54, 1.807) is 24.3 Å². The van der Waals surface area contributed by atoms with E-state index in [2.05, 4.69) is 0 Å². The summed E-state index contributed by atoms with van der Waals surface area (Å²) in [6.45, 7) is 3.72. The molecule has 138 valence electrons. The lowest BCUT2D eigenvalue weighted by Crippen LogP contribution is -2.41. The standard InChI is InChI=1S/C20H22O6/c1-13-3-7-15(8-4-13)11-25-19(23)17(21)18(22)20(24)26-12-16-9-5-14(2)6-10-16/h3-10,17-18,21-22H,11-12H2,1-2H3/t17-,18-/m1/s1. The number of carbonyl (C=O) groups is 2. The van der Waals surface area contributed by atoms with Gasteiger partial charge in [-0.1, -0.05) is 59.7 Å². The Morgan fingerprint density at radius 1 is 0.731 bits per heavy atom. The van der Waals surface area contributed by atoms with Gasteiger partial charge in [-0.05, 0) is 25.0 Å². The number of rotatable bonds is 7. The van der Waals surface area contributed by atoms with Gasteiger partial charge in [0.15, 0.2) is 12.2 Å². The molecule has 2 atom stereocenters. The minimum absolute atomic E-state index is 0.0681. The Bertz CT molecular complexity index is 670. The molecule has 6 nitrogen and oxygen atoms in total. The zero-order valence-corrected chi connectivity index (χ0v) is 14.7. The van der Waals surface area contributed by atoms with Crippen LogP contribution in [0.15, 0.2) is 48.5 Å². The van der Waals surface area contributed by atoms with Gasteiger partial charge in [-0.15, -0.1) is 0 Å². The molecule has 0 radical (unpaired) electrons. The average Bonchev–Trinajstić information content (AvgIpc) is 2.65. The number of aliphatic hydroxyl groups is 2. The molecular weight excluding hydrogens is 336 g/mol. The fraction of sp³-hybridized carbons (Fsp3) is 0.300. The van der Waals surface area contributed by atoms with Gasteiger partial charge in [-0.2, -0.15) is 0 Å². The second-order valence-corrected chi connectivity index (χ2v) is 6.08. The lowest BCUT2D eigenvalue weighted by molar-refractivity contribution is -0.174. The van der Waals surface area contributed by atoms with E-state index < -0.39 is 24.1 Å². The molecule has 0 heterocycles. The van der Waals surface area contributed by atoms with Gasteiger partial charge in [0, 0.05) is 0 Å². The minimum Gasteiger partial charge on any atom is -0.459 e. The third-order valence-corrected chi connectivity index (χ3v) is 3.79. The quantitative estimate of drug-likeness (QED) is 0.734. The van der Waals surface area contributed by atoms with Gasteiger partial charge in [-0.3, -0.25) is 0 Å². The van der Waals surface area contributed by atoms with E-state index in [1.165, 1.54) is 0 Å². The number of carbonyl (C=O) groups excluding carboxylic acids is 2. The Kier molecular flexibility index (Phi) is 6.89. The van der Waals surface area contributed by atoms with E-state index in [0.29, 0.717) is 0 Å². The Balaban J connectivity index is 1.81. The van der Waals surface area contributed by atoms with Gasteiger partial charge in [0.05, 0.1) is 0 Å². The highest BCUT2D eigenvalue weighted by Gasteiger charge is 2.33. The summed E-state index contributed by atoms with van der Waals surface area (Å²) in [6.07, 6.45) is -4.02. The van der Waals surface area contributed by atoms with Crippen molar-refractivity contribution in [2.75, 3.05) is 0 Å². The molecule has 6 heteroatoms. The van der Waals surface area contributed by atoms with Crippen LogP contribution >= 0.6 is 0 Å². The monoisotopic (exact) mass is 358 g/mol. The van der Waals surface area contributed by atoms with Crippen LogP contribution in [0.4, 0.5) is 0 Å². The zero-order chi connectivity index (χ0) is 19.1. The van der Waals surface area contributed by atoms with Crippen molar-refractivity contribution in [3.8, 4) is 0 Å². The summed E-state index contributed by atoms with van der Waals surface area (Å²) in [4.78, 5) is 23.6. The fourth-order valence-corrected chi connectivity index (χ4v) is 2.11. The second kappa shape index (κ2) is 9.12. The maximum Gasteiger partial charge on any atom is 0.338 e. The molecule has 2 aromatic carbocycles. The molecule has 0 unspecified atom stereocenters. The van der Waals surface area contributed by atoms with E-state index in [-0.39, 0.29) is 13.2 Å². The summed E-state index contributed by atoms with van der Waals surface area (Å²) < 4.78 is 9.84. The highest BCUT2D eigenvalue weighted by atomic mass is 16.6. The topological polar surface area (TPSA) is 93.1 Å². The lowest BCUT2D eigenvalue weighted by Gasteiger charge is -2.16. The number of aliphatic hydroxyl groups excluding tert-OH is 2. The Morgan fingerprint density at radius 3 is 1.35 bits per heavy atom. The maximum absolute atomic E-state index is 11.8. The van der Waals surface area contributed by atoms with Crippen molar-refractivity contribution in [1.29, 1.82) is 0 Å². The van der Waals surface area contributed by atoms with Crippen LogP contribution in [0.1, 0.15) is 22.3 Å². The lowest BCUT2D eigenvalue weighted by atomic mass is 10.1. The van der Waals surface area contributed by atoms with Crippen molar-refractivity contribution in [1.82, 2.24) is 0 Å². The first kappa shape index (κ1) is 19.6. The summed E-state index contributed by atoms with van der Waals surface area (Å²) in [5, 5.41) is 19.6. The van der Waals surface area contributed by atoms with Crippen LogP contribution in [-0.4, -0.2) is 34.4 Å². The summed E-state index contributed by atoms with van der Waals surface area (Å²) in [5.41, 5.74) is 3.58. The van der Waals surface area contributed by atoms with E-state index >= 15 is 0 Å². The van der Waals surface area contributed by atoms with Crippen LogP contribution in [0.3, 0.4) is 0 Å². The second-order valence-electron chi connectivity index (χ2n) is 6.08. The Morgan fingerprint density at radius 2 is 1.04 bits per heavy atom. The smallest absolute Gasteiger partial charge is 0.338 e. The highest BCUT2D eigenvalue weighted by Crippen LogP contribution is 2.09. The largest absolute Gasteiger partial charge is 0.459 e. The van der Waals surface area contributed by atoms with Crippen LogP contribution in [0.2, 0.25) is 0 Å². The summed E-state index contributed by atoms with van der Waals surface area (Å²) >= 11 is 0. The maximum atomic E-state index is 11.8. The highest BCUT2D eigenvalue weighted by molar-refractivity contribution is 5.85. The van der Waals surface area contributed by atoms with Gasteiger partial charge < -0.3 is 19.7 Å². The van der Waals surface area contributed by atoms with Crippen molar-refractivity contribution in [2.45, 2.75) is 39.3 Å². The zero-order valence-electron chi connectivity index (χ0n) is 14.7. The summed E-state index contributed by atoms with van der Waals surface area (Å²) in [7, 11) is 0. The van der Waals surface area contributed by atoms with Gasteiger partial charge in [0.2, 0.25) is 0 Å². The van der Waals surface area contributed by atoms with Gasteiger partial charge in [0.25, 0.3) is 0 Å².